The Kier molecular flexibility index (Phi) is 4.33. The van der Waals surface area contributed by atoms with E-state index < -0.39 is 0 Å². The summed E-state index contributed by atoms with van der Waals surface area (Å²) in [6.07, 6.45) is 1.07. The maximum Gasteiger partial charge on any atom is 0.229 e. The Morgan fingerprint density at radius 3 is 2.41 bits per heavy atom. The molecule has 2 heteroatoms. The second kappa shape index (κ2) is 5.35. The van der Waals surface area contributed by atoms with E-state index in [0.717, 1.165) is 12.1 Å². The predicted molar refractivity (Wildman–Crippen MR) is 73.2 cm³/mol. The molecule has 1 amide bonds. The minimum Gasteiger partial charge on any atom is -0.325 e. The number of benzene rings is 1. The van der Waals surface area contributed by atoms with Crippen molar-refractivity contribution in [3.8, 4) is 0 Å². The van der Waals surface area contributed by atoms with E-state index in [1.165, 1.54) is 5.56 Å². The van der Waals surface area contributed by atoms with Crippen molar-refractivity contribution in [2.75, 3.05) is 5.32 Å². The number of rotatable bonds is 3. The predicted octanol–water partition coefficient (Wildman–Crippen LogP) is 4.18. The lowest BCUT2D eigenvalue weighted by Gasteiger charge is -2.21. The number of carbonyl (C=O) groups excluding carboxylic acids is 1. The molecule has 0 fully saturated rings. The van der Waals surface area contributed by atoms with Crippen LogP contribution in [0.25, 0.3) is 0 Å². The van der Waals surface area contributed by atoms with Gasteiger partial charge in [0.05, 0.1) is 0 Å². The molecule has 0 saturated heterocycles. The van der Waals surface area contributed by atoms with Crippen molar-refractivity contribution < 1.29 is 4.79 Å². The molecule has 0 aliphatic carbocycles. The highest BCUT2D eigenvalue weighted by atomic mass is 16.2. The molecule has 0 radical (unpaired) electrons. The summed E-state index contributed by atoms with van der Waals surface area (Å²) >= 11 is 0. The summed E-state index contributed by atoms with van der Waals surface area (Å²) in [5.41, 5.74) is 1.80. The highest BCUT2D eigenvalue weighted by molar-refractivity contribution is 5.95. The van der Waals surface area contributed by atoms with Crippen LogP contribution in [0.5, 0.6) is 0 Å². The van der Waals surface area contributed by atoms with Gasteiger partial charge in [0.1, 0.15) is 0 Å². The van der Waals surface area contributed by atoms with E-state index in [1.807, 2.05) is 39.0 Å². The molecule has 2 nitrogen and oxygen atoms in total. The largest absolute Gasteiger partial charge is 0.325 e. The van der Waals surface area contributed by atoms with Crippen molar-refractivity contribution >= 4 is 11.6 Å². The number of carbonyl (C=O) groups is 1. The van der Waals surface area contributed by atoms with Crippen LogP contribution in [0, 0.1) is 5.41 Å². The zero-order valence-corrected chi connectivity index (χ0v) is 11.5. The van der Waals surface area contributed by atoms with E-state index in [-0.39, 0.29) is 11.3 Å². The summed E-state index contributed by atoms with van der Waals surface area (Å²) < 4.78 is 0. The van der Waals surface area contributed by atoms with Gasteiger partial charge in [-0.25, -0.2) is 0 Å². The van der Waals surface area contributed by atoms with Crippen LogP contribution in [0.2, 0.25) is 0 Å². The molecular formula is C15H23NO. The van der Waals surface area contributed by atoms with Crippen molar-refractivity contribution in [3.63, 3.8) is 0 Å². The molecule has 0 heterocycles. The molecule has 1 rings (SSSR count). The number of amides is 1. The minimum absolute atomic E-state index is 0.0632. The summed E-state index contributed by atoms with van der Waals surface area (Å²) in [5.74, 6) is 0.528. The summed E-state index contributed by atoms with van der Waals surface area (Å²) in [5, 5.41) is 3.03. The van der Waals surface area contributed by atoms with Gasteiger partial charge in [-0.1, -0.05) is 52.8 Å². The summed E-state index contributed by atoms with van der Waals surface area (Å²) in [4.78, 5) is 12.0. The lowest BCUT2D eigenvalue weighted by Crippen LogP contribution is -2.28. The second-order valence-electron chi connectivity index (χ2n) is 5.60. The molecular weight excluding hydrogens is 210 g/mol. The Bertz CT molecular complexity index is 390. The number of hydrogen-bond donors (Lipinski definition) is 1. The van der Waals surface area contributed by atoms with Gasteiger partial charge in [-0.3, -0.25) is 4.79 Å². The molecule has 0 saturated carbocycles. The van der Waals surface area contributed by atoms with Gasteiger partial charge in [0, 0.05) is 11.1 Å². The van der Waals surface area contributed by atoms with E-state index in [2.05, 4.69) is 25.2 Å². The number of para-hydroxylation sites is 1. The van der Waals surface area contributed by atoms with Gasteiger partial charge >= 0.3 is 0 Å². The van der Waals surface area contributed by atoms with Gasteiger partial charge in [0.15, 0.2) is 0 Å². The molecule has 0 bridgehead atoms. The quantitative estimate of drug-likeness (QED) is 0.833. The van der Waals surface area contributed by atoms with E-state index in [9.17, 15) is 4.79 Å². The summed E-state index contributed by atoms with van der Waals surface area (Å²) in [7, 11) is 0. The van der Waals surface area contributed by atoms with Crippen molar-refractivity contribution in [2.45, 2.75) is 47.0 Å². The Labute approximate surface area is 104 Å². The minimum atomic E-state index is -0.359. The molecule has 0 spiro atoms. The first-order valence-electron chi connectivity index (χ1n) is 6.26. The maximum atomic E-state index is 12.0. The number of anilines is 1. The van der Waals surface area contributed by atoms with E-state index in [0.29, 0.717) is 5.92 Å². The lowest BCUT2D eigenvalue weighted by atomic mass is 9.93. The SMILES string of the molecule is CCC(C)c1ccccc1NC(=O)C(C)(C)C. The molecule has 1 aromatic carbocycles. The first-order valence-corrected chi connectivity index (χ1v) is 6.26. The third-order valence-electron chi connectivity index (χ3n) is 3.03. The summed E-state index contributed by atoms with van der Waals surface area (Å²) in [6.45, 7) is 10.1. The third-order valence-corrected chi connectivity index (χ3v) is 3.03. The van der Waals surface area contributed by atoms with Crippen molar-refractivity contribution in [1.82, 2.24) is 0 Å². The van der Waals surface area contributed by atoms with Gasteiger partial charge in [-0.05, 0) is 24.0 Å². The van der Waals surface area contributed by atoms with Gasteiger partial charge in [0.25, 0.3) is 0 Å². The van der Waals surface area contributed by atoms with Crippen LogP contribution in [-0.4, -0.2) is 5.91 Å². The molecule has 0 aliphatic heterocycles. The monoisotopic (exact) mass is 233 g/mol. The average Bonchev–Trinajstić information content (AvgIpc) is 2.27. The molecule has 0 aromatic heterocycles. The highest BCUT2D eigenvalue weighted by Crippen LogP contribution is 2.27. The van der Waals surface area contributed by atoms with Crippen LogP contribution in [0.1, 0.15) is 52.5 Å². The maximum absolute atomic E-state index is 12.0. The number of hydrogen-bond acceptors (Lipinski definition) is 1. The average molecular weight is 233 g/mol. The standard InChI is InChI=1S/C15H23NO/c1-6-11(2)12-9-7-8-10-13(12)16-14(17)15(3,4)5/h7-11H,6H2,1-5H3,(H,16,17). The molecule has 0 aliphatic rings. The Hall–Kier alpha value is -1.31. The lowest BCUT2D eigenvalue weighted by molar-refractivity contribution is -0.123. The molecule has 1 aromatic rings. The smallest absolute Gasteiger partial charge is 0.229 e. The van der Waals surface area contributed by atoms with Gasteiger partial charge < -0.3 is 5.32 Å². The van der Waals surface area contributed by atoms with E-state index in [4.69, 9.17) is 0 Å². The van der Waals surface area contributed by atoms with Crippen LogP contribution in [-0.2, 0) is 4.79 Å². The van der Waals surface area contributed by atoms with Gasteiger partial charge in [0.2, 0.25) is 5.91 Å². The van der Waals surface area contributed by atoms with Crippen LogP contribution in [0.15, 0.2) is 24.3 Å². The fourth-order valence-corrected chi connectivity index (χ4v) is 1.57. The Morgan fingerprint density at radius 1 is 1.29 bits per heavy atom. The first kappa shape index (κ1) is 13.8. The summed E-state index contributed by atoms with van der Waals surface area (Å²) in [6, 6.07) is 8.05. The van der Waals surface area contributed by atoms with E-state index >= 15 is 0 Å². The van der Waals surface area contributed by atoms with Crippen molar-refractivity contribution in [1.29, 1.82) is 0 Å². The van der Waals surface area contributed by atoms with E-state index in [1.54, 1.807) is 0 Å². The van der Waals surface area contributed by atoms with Crippen LogP contribution in [0.3, 0.4) is 0 Å². The zero-order chi connectivity index (χ0) is 13.1. The highest BCUT2D eigenvalue weighted by Gasteiger charge is 2.22. The van der Waals surface area contributed by atoms with Gasteiger partial charge in [-0.2, -0.15) is 0 Å². The fraction of sp³-hybridized carbons (Fsp3) is 0.533. The zero-order valence-electron chi connectivity index (χ0n) is 11.5. The molecule has 1 atom stereocenters. The second-order valence-corrected chi connectivity index (χ2v) is 5.60. The van der Waals surface area contributed by atoms with Gasteiger partial charge in [-0.15, -0.1) is 0 Å². The fourth-order valence-electron chi connectivity index (χ4n) is 1.57. The van der Waals surface area contributed by atoms with Crippen molar-refractivity contribution in [3.05, 3.63) is 29.8 Å². The normalized spacial score (nSPS) is 13.2. The molecule has 94 valence electrons. The first-order chi connectivity index (χ1) is 7.86. The topological polar surface area (TPSA) is 29.1 Å². The third kappa shape index (κ3) is 3.58. The molecule has 1 unspecified atom stereocenters. The Morgan fingerprint density at radius 2 is 1.88 bits per heavy atom. The molecule has 17 heavy (non-hydrogen) atoms. The number of nitrogens with one attached hydrogen (secondary N) is 1. The van der Waals surface area contributed by atoms with Crippen molar-refractivity contribution in [2.24, 2.45) is 5.41 Å². The van der Waals surface area contributed by atoms with Crippen LogP contribution >= 0.6 is 0 Å². The molecule has 1 N–H and O–H groups in total. The van der Waals surface area contributed by atoms with Crippen LogP contribution in [0.4, 0.5) is 5.69 Å². The van der Waals surface area contributed by atoms with Crippen LogP contribution < -0.4 is 5.32 Å². The Balaban J connectivity index is 2.95.